The molecule has 0 saturated heterocycles. The van der Waals surface area contributed by atoms with Crippen molar-refractivity contribution in [2.75, 3.05) is 33.7 Å². The van der Waals surface area contributed by atoms with Crippen LogP contribution in [-0.2, 0) is 14.2 Å². The Kier molecular flexibility index (Phi) is 15.8. The summed E-state index contributed by atoms with van der Waals surface area (Å²) in [6.45, 7) is 4.74. The maximum absolute atomic E-state index is 5.35. The van der Waals surface area contributed by atoms with Gasteiger partial charge in [0.25, 0.3) is 0 Å². The molecule has 0 heterocycles. The average molecular weight is 246 g/mol. The van der Waals surface area contributed by atoms with Gasteiger partial charge in [0.15, 0.2) is 0 Å². The maximum Gasteiger partial charge on any atom is 0.146 e. The fraction of sp³-hybridized carbons (Fsp3) is 1.00. The highest BCUT2D eigenvalue weighted by molar-refractivity contribution is 4.45. The lowest BCUT2D eigenvalue weighted by Crippen LogP contribution is -2.06. The second-order valence-electron chi connectivity index (χ2n) is 4.40. The number of hydrogen-bond donors (Lipinski definition) is 0. The Morgan fingerprint density at radius 3 is 1.88 bits per heavy atom. The van der Waals surface area contributed by atoms with E-state index < -0.39 is 0 Å². The smallest absolute Gasteiger partial charge is 0.146 e. The molecule has 0 unspecified atom stereocenters. The van der Waals surface area contributed by atoms with E-state index in [0.717, 1.165) is 13.0 Å². The SMILES string of the molecule is CCCCCCCCCCOCOCCOC. The van der Waals surface area contributed by atoms with Crippen LogP contribution >= 0.6 is 0 Å². The third-order valence-corrected chi connectivity index (χ3v) is 2.74. The number of hydrogen-bond acceptors (Lipinski definition) is 3. The summed E-state index contributed by atoms with van der Waals surface area (Å²) in [6, 6.07) is 0. The van der Waals surface area contributed by atoms with Crippen LogP contribution in [0.1, 0.15) is 58.3 Å². The van der Waals surface area contributed by atoms with E-state index in [1.807, 2.05) is 0 Å². The Hall–Kier alpha value is -0.120. The molecule has 0 fully saturated rings. The minimum absolute atomic E-state index is 0.403. The molecule has 0 aromatic rings. The van der Waals surface area contributed by atoms with Gasteiger partial charge in [0.05, 0.1) is 13.2 Å². The summed E-state index contributed by atoms with van der Waals surface area (Å²) in [6.07, 6.45) is 10.7. The quantitative estimate of drug-likeness (QED) is 0.345. The molecule has 104 valence electrons. The second-order valence-corrected chi connectivity index (χ2v) is 4.40. The van der Waals surface area contributed by atoms with Crippen LogP contribution < -0.4 is 0 Å². The molecule has 0 saturated carbocycles. The largest absolute Gasteiger partial charge is 0.382 e. The predicted octanol–water partition coefficient (Wildman–Crippen LogP) is 3.76. The molecule has 0 aromatic carbocycles. The fourth-order valence-corrected chi connectivity index (χ4v) is 1.66. The molecule has 0 atom stereocenters. The summed E-state index contributed by atoms with van der Waals surface area (Å²) < 4.78 is 15.4. The van der Waals surface area contributed by atoms with Crippen molar-refractivity contribution in [2.24, 2.45) is 0 Å². The van der Waals surface area contributed by atoms with Gasteiger partial charge >= 0.3 is 0 Å². The fourth-order valence-electron chi connectivity index (χ4n) is 1.66. The summed E-state index contributed by atoms with van der Waals surface area (Å²) in [4.78, 5) is 0. The van der Waals surface area contributed by atoms with Gasteiger partial charge in [-0.15, -0.1) is 0 Å². The van der Waals surface area contributed by atoms with Crippen molar-refractivity contribution in [1.29, 1.82) is 0 Å². The maximum atomic E-state index is 5.35. The van der Waals surface area contributed by atoms with Gasteiger partial charge in [0.1, 0.15) is 6.79 Å². The molecule has 0 aliphatic rings. The Morgan fingerprint density at radius 1 is 0.647 bits per heavy atom. The van der Waals surface area contributed by atoms with E-state index in [4.69, 9.17) is 14.2 Å². The Balaban J connectivity index is 2.85. The van der Waals surface area contributed by atoms with E-state index in [0.29, 0.717) is 20.0 Å². The lowest BCUT2D eigenvalue weighted by atomic mass is 10.1. The van der Waals surface area contributed by atoms with Crippen molar-refractivity contribution in [2.45, 2.75) is 58.3 Å². The monoisotopic (exact) mass is 246 g/mol. The van der Waals surface area contributed by atoms with E-state index in [1.165, 1.54) is 44.9 Å². The lowest BCUT2D eigenvalue weighted by Gasteiger charge is -2.05. The second kappa shape index (κ2) is 15.9. The van der Waals surface area contributed by atoms with Crippen LogP contribution in [0.5, 0.6) is 0 Å². The van der Waals surface area contributed by atoms with Gasteiger partial charge in [-0.3, -0.25) is 0 Å². The Morgan fingerprint density at radius 2 is 1.24 bits per heavy atom. The van der Waals surface area contributed by atoms with E-state index >= 15 is 0 Å². The first-order chi connectivity index (χ1) is 8.41. The van der Waals surface area contributed by atoms with Crippen LogP contribution in [0.25, 0.3) is 0 Å². The Bertz CT molecular complexity index is 115. The highest BCUT2D eigenvalue weighted by atomic mass is 16.7. The van der Waals surface area contributed by atoms with Crippen LogP contribution in [0.2, 0.25) is 0 Å². The Labute approximate surface area is 107 Å². The zero-order valence-electron chi connectivity index (χ0n) is 11.7. The molecule has 3 heteroatoms. The van der Waals surface area contributed by atoms with Crippen LogP contribution in [0.3, 0.4) is 0 Å². The van der Waals surface area contributed by atoms with Crippen LogP contribution in [-0.4, -0.2) is 33.7 Å². The molecule has 17 heavy (non-hydrogen) atoms. The van der Waals surface area contributed by atoms with Gasteiger partial charge in [0.2, 0.25) is 0 Å². The van der Waals surface area contributed by atoms with Crippen molar-refractivity contribution in [1.82, 2.24) is 0 Å². The molecule has 0 N–H and O–H groups in total. The van der Waals surface area contributed by atoms with E-state index in [-0.39, 0.29) is 0 Å². The number of unbranched alkanes of at least 4 members (excludes halogenated alkanes) is 7. The molecule has 0 rings (SSSR count). The first-order valence-electron chi connectivity index (χ1n) is 7.06. The van der Waals surface area contributed by atoms with E-state index in [2.05, 4.69) is 6.92 Å². The molecule has 0 spiro atoms. The molecule has 0 aliphatic heterocycles. The van der Waals surface area contributed by atoms with Gasteiger partial charge < -0.3 is 14.2 Å². The van der Waals surface area contributed by atoms with Crippen molar-refractivity contribution in [3.63, 3.8) is 0 Å². The first kappa shape index (κ1) is 16.9. The lowest BCUT2D eigenvalue weighted by molar-refractivity contribution is -0.0664. The minimum Gasteiger partial charge on any atom is -0.382 e. The van der Waals surface area contributed by atoms with Crippen LogP contribution in [0, 0.1) is 0 Å². The molecule has 0 bridgehead atoms. The van der Waals surface area contributed by atoms with Gasteiger partial charge in [-0.25, -0.2) is 0 Å². The first-order valence-corrected chi connectivity index (χ1v) is 7.06. The van der Waals surface area contributed by atoms with E-state index in [9.17, 15) is 0 Å². The molecule has 0 radical (unpaired) electrons. The summed E-state index contributed by atoms with van der Waals surface area (Å²) in [5, 5.41) is 0. The normalized spacial score (nSPS) is 10.9. The molecule has 3 nitrogen and oxygen atoms in total. The van der Waals surface area contributed by atoms with Crippen molar-refractivity contribution in [3.05, 3.63) is 0 Å². The van der Waals surface area contributed by atoms with Gasteiger partial charge in [-0.2, -0.15) is 0 Å². The summed E-state index contributed by atoms with van der Waals surface area (Å²) >= 11 is 0. The van der Waals surface area contributed by atoms with E-state index in [1.54, 1.807) is 7.11 Å². The highest BCUT2D eigenvalue weighted by Crippen LogP contribution is 2.08. The minimum atomic E-state index is 0.403. The summed E-state index contributed by atoms with van der Waals surface area (Å²) in [5.41, 5.74) is 0. The molecule has 0 aliphatic carbocycles. The van der Waals surface area contributed by atoms with Crippen LogP contribution in [0.15, 0.2) is 0 Å². The average Bonchev–Trinajstić information content (AvgIpc) is 2.35. The van der Waals surface area contributed by atoms with Gasteiger partial charge in [0, 0.05) is 13.7 Å². The number of rotatable bonds is 14. The molecular weight excluding hydrogens is 216 g/mol. The highest BCUT2D eigenvalue weighted by Gasteiger charge is 1.92. The van der Waals surface area contributed by atoms with Crippen molar-refractivity contribution < 1.29 is 14.2 Å². The zero-order chi connectivity index (χ0) is 12.6. The molecule has 0 aromatic heterocycles. The standard InChI is InChI=1S/C14H30O3/c1-3-4-5-6-7-8-9-10-11-16-14-17-13-12-15-2/h3-14H2,1-2H3. The predicted molar refractivity (Wildman–Crippen MR) is 71.3 cm³/mol. The summed E-state index contributed by atoms with van der Waals surface area (Å²) in [5.74, 6) is 0. The molecule has 0 amide bonds. The van der Waals surface area contributed by atoms with Crippen molar-refractivity contribution >= 4 is 0 Å². The van der Waals surface area contributed by atoms with Crippen LogP contribution in [0.4, 0.5) is 0 Å². The summed E-state index contributed by atoms with van der Waals surface area (Å²) in [7, 11) is 1.67. The number of ether oxygens (including phenoxy) is 3. The van der Waals surface area contributed by atoms with Gasteiger partial charge in [-0.1, -0.05) is 51.9 Å². The third-order valence-electron chi connectivity index (χ3n) is 2.74. The topological polar surface area (TPSA) is 27.7 Å². The molecular formula is C14H30O3. The number of methoxy groups -OCH3 is 1. The zero-order valence-corrected chi connectivity index (χ0v) is 11.7. The van der Waals surface area contributed by atoms with Gasteiger partial charge in [-0.05, 0) is 6.42 Å². The van der Waals surface area contributed by atoms with Crippen molar-refractivity contribution in [3.8, 4) is 0 Å². The third kappa shape index (κ3) is 15.9.